The van der Waals surface area contributed by atoms with E-state index in [9.17, 15) is 14.3 Å². The Labute approximate surface area is 134 Å². The van der Waals surface area contributed by atoms with Crippen LogP contribution in [-0.2, 0) is 0 Å². The van der Waals surface area contributed by atoms with Crippen molar-refractivity contribution in [3.63, 3.8) is 0 Å². The van der Waals surface area contributed by atoms with Gasteiger partial charge in [0.2, 0.25) is 0 Å². The van der Waals surface area contributed by atoms with Crippen molar-refractivity contribution in [3.05, 3.63) is 60.2 Å². The first kappa shape index (κ1) is 15.6. The quantitative estimate of drug-likeness (QED) is 0.947. The van der Waals surface area contributed by atoms with Gasteiger partial charge in [0.25, 0.3) is 5.91 Å². The molecule has 0 aliphatic heterocycles. The zero-order chi connectivity index (χ0) is 16.2. The summed E-state index contributed by atoms with van der Waals surface area (Å²) in [5, 5.41) is 10.4. The van der Waals surface area contributed by atoms with Gasteiger partial charge in [0.05, 0.1) is 17.7 Å². The first-order valence-electron chi connectivity index (χ1n) is 7.84. The zero-order valence-corrected chi connectivity index (χ0v) is 12.7. The summed E-state index contributed by atoms with van der Waals surface area (Å²) in [4.78, 5) is 18.5. The second-order valence-corrected chi connectivity index (χ2v) is 5.81. The van der Waals surface area contributed by atoms with Gasteiger partial charge in [0, 0.05) is 18.1 Å². The maximum Gasteiger partial charge on any atom is 0.260 e. The van der Waals surface area contributed by atoms with Crippen LogP contribution in [0.25, 0.3) is 0 Å². The van der Waals surface area contributed by atoms with E-state index in [0.717, 1.165) is 19.3 Å². The second-order valence-electron chi connectivity index (χ2n) is 5.81. The summed E-state index contributed by atoms with van der Waals surface area (Å²) in [6.45, 7) is 0. The SMILES string of the molecule is O=C(c1cccnc1)N(c1ccc(F)cc1)[C@@H]1CCCC[C@H]1O. The van der Waals surface area contributed by atoms with Gasteiger partial charge >= 0.3 is 0 Å². The first-order valence-corrected chi connectivity index (χ1v) is 7.84. The van der Waals surface area contributed by atoms with E-state index < -0.39 is 6.10 Å². The minimum absolute atomic E-state index is 0.226. The topological polar surface area (TPSA) is 53.4 Å². The predicted molar refractivity (Wildman–Crippen MR) is 85.7 cm³/mol. The van der Waals surface area contributed by atoms with Gasteiger partial charge < -0.3 is 10.0 Å². The van der Waals surface area contributed by atoms with Gasteiger partial charge in [-0.3, -0.25) is 9.78 Å². The Kier molecular flexibility index (Phi) is 4.67. The molecule has 1 amide bonds. The number of anilines is 1. The lowest BCUT2D eigenvalue weighted by molar-refractivity contribution is 0.0821. The third-order valence-corrected chi connectivity index (χ3v) is 4.26. The molecule has 23 heavy (non-hydrogen) atoms. The Morgan fingerprint density at radius 1 is 1.17 bits per heavy atom. The maximum atomic E-state index is 13.2. The van der Waals surface area contributed by atoms with Crippen LogP contribution in [0, 0.1) is 5.82 Å². The first-order chi connectivity index (χ1) is 11.2. The molecule has 2 atom stereocenters. The Hall–Kier alpha value is -2.27. The van der Waals surface area contributed by atoms with Crippen molar-refractivity contribution >= 4 is 11.6 Å². The van der Waals surface area contributed by atoms with Crippen LogP contribution in [0.2, 0.25) is 0 Å². The molecule has 0 spiro atoms. The van der Waals surface area contributed by atoms with Crippen molar-refractivity contribution < 1.29 is 14.3 Å². The molecule has 1 N–H and O–H groups in total. The van der Waals surface area contributed by atoms with Crippen LogP contribution in [0.4, 0.5) is 10.1 Å². The predicted octanol–water partition coefficient (Wildman–Crippen LogP) is 3.17. The number of hydrogen-bond acceptors (Lipinski definition) is 3. The molecule has 1 aliphatic carbocycles. The lowest BCUT2D eigenvalue weighted by atomic mass is 9.90. The van der Waals surface area contributed by atoms with Crippen LogP contribution in [0.15, 0.2) is 48.8 Å². The minimum atomic E-state index is -0.575. The standard InChI is InChI=1S/C18H19FN2O2/c19-14-7-9-15(10-8-14)21(16-5-1-2-6-17(16)22)18(23)13-4-3-11-20-12-13/h3-4,7-12,16-17,22H,1-2,5-6H2/t16-,17-/m1/s1. The fourth-order valence-corrected chi connectivity index (χ4v) is 3.08. The molecular formula is C18H19FN2O2. The van der Waals surface area contributed by atoms with E-state index in [-0.39, 0.29) is 17.8 Å². The van der Waals surface area contributed by atoms with Gasteiger partial charge in [-0.25, -0.2) is 4.39 Å². The number of rotatable bonds is 3. The van der Waals surface area contributed by atoms with Crippen molar-refractivity contribution in [2.45, 2.75) is 37.8 Å². The summed E-state index contributed by atoms with van der Waals surface area (Å²) >= 11 is 0. The monoisotopic (exact) mass is 314 g/mol. The number of carbonyl (C=O) groups is 1. The summed E-state index contributed by atoms with van der Waals surface area (Å²) in [5.41, 5.74) is 1.04. The van der Waals surface area contributed by atoms with Crippen molar-refractivity contribution in [2.75, 3.05) is 4.90 Å². The molecule has 4 nitrogen and oxygen atoms in total. The van der Waals surface area contributed by atoms with Gasteiger partial charge in [-0.15, -0.1) is 0 Å². The van der Waals surface area contributed by atoms with E-state index in [1.54, 1.807) is 35.4 Å². The number of hydrogen-bond donors (Lipinski definition) is 1. The Morgan fingerprint density at radius 3 is 2.57 bits per heavy atom. The fraction of sp³-hybridized carbons (Fsp3) is 0.333. The van der Waals surface area contributed by atoms with E-state index in [0.29, 0.717) is 17.7 Å². The zero-order valence-electron chi connectivity index (χ0n) is 12.7. The maximum absolute atomic E-state index is 13.2. The van der Waals surface area contributed by atoms with E-state index in [1.165, 1.54) is 18.3 Å². The highest BCUT2D eigenvalue weighted by Crippen LogP contribution is 2.29. The average molecular weight is 314 g/mol. The number of amides is 1. The van der Waals surface area contributed by atoms with Crippen LogP contribution in [-0.4, -0.2) is 28.1 Å². The van der Waals surface area contributed by atoms with Crippen molar-refractivity contribution in [2.24, 2.45) is 0 Å². The number of aliphatic hydroxyl groups is 1. The molecule has 1 aromatic heterocycles. The summed E-state index contributed by atoms with van der Waals surface area (Å²) in [6.07, 6.45) is 5.85. The molecule has 0 bridgehead atoms. The summed E-state index contributed by atoms with van der Waals surface area (Å²) < 4.78 is 13.2. The summed E-state index contributed by atoms with van der Waals surface area (Å²) in [7, 11) is 0. The van der Waals surface area contributed by atoms with E-state index >= 15 is 0 Å². The van der Waals surface area contributed by atoms with Crippen molar-refractivity contribution in [1.82, 2.24) is 4.98 Å². The van der Waals surface area contributed by atoms with Gasteiger partial charge in [-0.2, -0.15) is 0 Å². The summed E-state index contributed by atoms with van der Waals surface area (Å²) in [5.74, 6) is -0.581. The number of aromatic nitrogens is 1. The normalized spacial score (nSPS) is 21.0. The highest BCUT2D eigenvalue weighted by molar-refractivity contribution is 6.06. The smallest absolute Gasteiger partial charge is 0.260 e. The molecule has 0 unspecified atom stereocenters. The summed E-state index contributed by atoms with van der Waals surface area (Å²) in [6, 6.07) is 8.90. The minimum Gasteiger partial charge on any atom is -0.391 e. The molecule has 1 fully saturated rings. The largest absolute Gasteiger partial charge is 0.391 e. The number of carbonyl (C=O) groups excluding carboxylic acids is 1. The number of benzene rings is 1. The molecule has 0 radical (unpaired) electrons. The molecular weight excluding hydrogens is 295 g/mol. The lowest BCUT2D eigenvalue weighted by Gasteiger charge is -2.37. The van der Waals surface area contributed by atoms with E-state index in [1.807, 2.05) is 0 Å². The number of halogens is 1. The molecule has 2 aromatic rings. The third kappa shape index (κ3) is 3.40. The Bertz CT molecular complexity index is 660. The van der Waals surface area contributed by atoms with Crippen LogP contribution in [0.3, 0.4) is 0 Å². The van der Waals surface area contributed by atoms with E-state index in [2.05, 4.69) is 4.98 Å². The van der Waals surface area contributed by atoms with Gasteiger partial charge in [0.1, 0.15) is 5.82 Å². The highest BCUT2D eigenvalue weighted by atomic mass is 19.1. The van der Waals surface area contributed by atoms with Crippen LogP contribution < -0.4 is 4.90 Å². The second kappa shape index (κ2) is 6.87. The Morgan fingerprint density at radius 2 is 1.91 bits per heavy atom. The van der Waals surface area contributed by atoms with Crippen LogP contribution in [0.5, 0.6) is 0 Å². The van der Waals surface area contributed by atoms with Gasteiger partial charge in [0.15, 0.2) is 0 Å². The third-order valence-electron chi connectivity index (χ3n) is 4.26. The van der Waals surface area contributed by atoms with Crippen LogP contribution in [0.1, 0.15) is 36.0 Å². The lowest BCUT2D eigenvalue weighted by Crippen LogP contribution is -2.49. The number of nitrogens with zero attached hydrogens (tertiary/aromatic N) is 2. The number of aliphatic hydroxyl groups excluding tert-OH is 1. The Balaban J connectivity index is 1.99. The van der Waals surface area contributed by atoms with Crippen molar-refractivity contribution in [3.8, 4) is 0 Å². The van der Waals surface area contributed by atoms with E-state index in [4.69, 9.17) is 0 Å². The molecule has 120 valence electrons. The molecule has 5 heteroatoms. The fourth-order valence-electron chi connectivity index (χ4n) is 3.08. The molecule has 1 saturated carbocycles. The van der Waals surface area contributed by atoms with Gasteiger partial charge in [-0.05, 0) is 49.2 Å². The molecule has 1 aliphatic rings. The molecule has 0 saturated heterocycles. The molecule has 1 aromatic carbocycles. The number of pyridine rings is 1. The highest BCUT2D eigenvalue weighted by Gasteiger charge is 2.33. The van der Waals surface area contributed by atoms with Crippen LogP contribution >= 0.6 is 0 Å². The van der Waals surface area contributed by atoms with Crippen molar-refractivity contribution in [1.29, 1.82) is 0 Å². The average Bonchev–Trinajstić information content (AvgIpc) is 2.59. The molecule has 3 rings (SSSR count). The van der Waals surface area contributed by atoms with Gasteiger partial charge in [-0.1, -0.05) is 12.8 Å². The molecule has 1 heterocycles.